The Morgan fingerprint density at radius 1 is 1.13 bits per heavy atom. The molecule has 0 unspecified atom stereocenters. The monoisotopic (exact) mass is 429 g/mol. The molecule has 1 aliphatic heterocycles. The molecule has 6 nitrogen and oxygen atoms in total. The van der Waals surface area contributed by atoms with Gasteiger partial charge in [0.1, 0.15) is 5.75 Å². The smallest absolute Gasteiger partial charge is 0.175 e. The number of aromatic amines is 2. The number of rotatable bonds is 4. The molecule has 0 saturated carbocycles. The van der Waals surface area contributed by atoms with Crippen LogP contribution in [0.25, 0.3) is 11.0 Å². The number of nitrogens with one attached hydrogen (secondary N) is 2. The molecule has 0 aliphatic carbocycles. The van der Waals surface area contributed by atoms with Gasteiger partial charge in [-0.25, -0.2) is 0 Å². The number of aromatic nitrogens is 3. The van der Waals surface area contributed by atoms with Gasteiger partial charge in [0.2, 0.25) is 0 Å². The number of fused-ring (bicyclic) bond motifs is 1. The Bertz CT molecular complexity index is 996. The maximum absolute atomic E-state index is 6.02. The van der Waals surface area contributed by atoms with Gasteiger partial charge in [-0.15, -0.1) is 0 Å². The molecule has 1 aliphatic rings. The molecule has 0 atom stereocenters. The average molecular weight is 430 g/mol. The van der Waals surface area contributed by atoms with E-state index in [9.17, 15) is 0 Å². The zero-order valence-electron chi connectivity index (χ0n) is 18.4. The average Bonchev–Trinajstić information content (AvgIpc) is 3.09. The second-order valence-corrected chi connectivity index (χ2v) is 8.43. The number of benzene rings is 1. The van der Waals surface area contributed by atoms with E-state index in [1.807, 2.05) is 51.2 Å². The maximum atomic E-state index is 6.02. The van der Waals surface area contributed by atoms with Crippen LogP contribution in [-0.4, -0.2) is 40.6 Å². The Labute approximate surface area is 183 Å². The third-order valence-electron chi connectivity index (χ3n) is 5.10. The molecule has 1 aromatic carbocycles. The van der Waals surface area contributed by atoms with Gasteiger partial charge >= 0.3 is 0 Å². The summed E-state index contributed by atoms with van der Waals surface area (Å²) in [6.45, 7) is 12.1. The Kier molecular flexibility index (Phi) is 7.28. The molecule has 0 radical (unpaired) electrons. The number of H-pyrrole nitrogens is 2. The van der Waals surface area contributed by atoms with E-state index in [2.05, 4.69) is 28.8 Å². The van der Waals surface area contributed by atoms with Gasteiger partial charge in [-0.3, -0.25) is 4.98 Å². The lowest BCUT2D eigenvalue weighted by atomic mass is 10.1. The standard InChI is InChI=1S/C16H25NO3.C7H6N2S/c1-6-14-12(3)15(11(2)7-17-14)18-8-13-9-19-16(4,5)20-10-13;10-7-8-5-3-1-2-4-6(5)9-7/h7,13H,6,8-10H2,1-5H3;1-4H,(H2,8,9,10). The summed E-state index contributed by atoms with van der Waals surface area (Å²) in [5, 5.41) is 0. The quantitative estimate of drug-likeness (QED) is 0.553. The maximum Gasteiger partial charge on any atom is 0.175 e. The minimum absolute atomic E-state index is 0.278. The molecular weight excluding hydrogens is 398 g/mol. The van der Waals surface area contributed by atoms with Gasteiger partial charge in [-0.2, -0.15) is 0 Å². The van der Waals surface area contributed by atoms with E-state index in [0.29, 0.717) is 24.6 Å². The van der Waals surface area contributed by atoms with Crippen LogP contribution in [0.1, 0.15) is 37.6 Å². The van der Waals surface area contributed by atoms with Gasteiger partial charge in [0, 0.05) is 28.9 Å². The molecule has 2 N–H and O–H groups in total. The molecule has 2 aromatic heterocycles. The summed E-state index contributed by atoms with van der Waals surface area (Å²) < 4.78 is 18.0. The van der Waals surface area contributed by atoms with E-state index >= 15 is 0 Å². The van der Waals surface area contributed by atoms with E-state index in [1.165, 1.54) is 0 Å². The fourth-order valence-corrected chi connectivity index (χ4v) is 3.56. The lowest BCUT2D eigenvalue weighted by molar-refractivity contribution is -0.264. The van der Waals surface area contributed by atoms with E-state index in [1.54, 1.807) is 0 Å². The Morgan fingerprint density at radius 2 is 1.73 bits per heavy atom. The van der Waals surface area contributed by atoms with Crippen LogP contribution < -0.4 is 4.74 Å². The topological polar surface area (TPSA) is 72.2 Å². The number of hydrogen-bond donors (Lipinski definition) is 2. The number of aryl methyl sites for hydroxylation is 2. The highest BCUT2D eigenvalue weighted by Crippen LogP contribution is 2.27. The van der Waals surface area contributed by atoms with Gasteiger partial charge in [-0.05, 0) is 58.5 Å². The summed E-state index contributed by atoms with van der Waals surface area (Å²) in [4.78, 5) is 10.5. The molecule has 0 spiro atoms. The van der Waals surface area contributed by atoms with Crippen molar-refractivity contribution in [1.29, 1.82) is 0 Å². The van der Waals surface area contributed by atoms with E-state index < -0.39 is 5.79 Å². The van der Waals surface area contributed by atoms with Crippen molar-refractivity contribution in [2.75, 3.05) is 19.8 Å². The van der Waals surface area contributed by atoms with Crippen LogP contribution in [-0.2, 0) is 15.9 Å². The number of para-hydroxylation sites is 2. The molecule has 7 heteroatoms. The molecule has 3 aromatic rings. The fraction of sp³-hybridized carbons (Fsp3) is 0.478. The minimum atomic E-state index is -0.464. The predicted molar refractivity (Wildman–Crippen MR) is 122 cm³/mol. The highest BCUT2D eigenvalue weighted by Gasteiger charge is 2.28. The fourth-order valence-electron chi connectivity index (χ4n) is 3.34. The first kappa shape index (κ1) is 22.5. The van der Waals surface area contributed by atoms with Crippen molar-refractivity contribution >= 4 is 23.3 Å². The summed E-state index contributed by atoms with van der Waals surface area (Å²) >= 11 is 4.90. The van der Waals surface area contributed by atoms with Crippen molar-refractivity contribution in [2.45, 2.75) is 46.8 Å². The summed E-state index contributed by atoms with van der Waals surface area (Å²) in [5.74, 6) is 0.774. The molecule has 1 fully saturated rings. The van der Waals surface area contributed by atoms with Gasteiger partial charge in [0.15, 0.2) is 10.6 Å². The van der Waals surface area contributed by atoms with Crippen molar-refractivity contribution in [1.82, 2.24) is 15.0 Å². The molecule has 4 rings (SSSR count). The lowest BCUT2D eigenvalue weighted by Crippen LogP contribution is -2.41. The van der Waals surface area contributed by atoms with Crippen LogP contribution in [0.3, 0.4) is 0 Å². The molecular formula is C23H31N3O3S. The van der Waals surface area contributed by atoms with Gasteiger partial charge in [-0.1, -0.05) is 19.1 Å². The van der Waals surface area contributed by atoms with Crippen LogP contribution in [0.5, 0.6) is 5.75 Å². The van der Waals surface area contributed by atoms with Crippen LogP contribution in [0.15, 0.2) is 30.5 Å². The number of hydrogen-bond acceptors (Lipinski definition) is 5. The largest absolute Gasteiger partial charge is 0.492 e. The van der Waals surface area contributed by atoms with Gasteiger partial charge < -0.3 is 24.2 Å². The summed E-state index contributed by atoms with van der Waals surface area (Å²) in [6, 6.07) is 7.92. The Hall–Kier alpha value is -2.22. The first-order valence-electron chi connectivity index (χ1n) is 10.3. The number of nitrogens with zero attached hydrogens (tertiary/aromatic N) is 1. The molecule has 0 amide bonds. The zero-order valence-corrected chi connectivity index (χ0v) is 19.2. The highest BCUT2D eigenvalue weighted by atomic mass is 32.1. The third-order valence-corrected chi connectivity index (χ3v) is 5.30. The molecule has 162 valence electrons. The summed E-state index contributed by atoms with van der Waals surface area (Å²) in [7, 11) is 0. The predicted octanol–water partition coefficient (Wildman–Crippen LogP) is 5.26. The number of pyridine rings is 1. The van der Waals surface area contributed by atoms with Crippen LogP contribution in [0.2, 0.25) is 0 Å². The van der Waals surface area contributed by atoms with Crippen molar-refractivity contribution in [3.05, 3.63) is 52.1 Å². The minimum Gasteiger partial charge on any atom is -0.492 e. The molecule has 3 heterocycles. The van der Waals surface area contributed by atoms with Gasteiger partial charge in [0.25, 0.3) is 0 Å². The van der Waals surface area contributed by atoms with Crippen molar-refractivity contribution in [2.24, 2.45) is 5.92 Å². The highest BCUT2D eigenvalue weighted by molar-refractivity contribution is 7.71. The van der Waals surface area contributed by atoms with E-state index in [0.717, 1.165) is 40.0 Å². The molecule has 1 saturated heterocycles. The summed E-state index contributed by atoms with van der Waals surface area (Å²) in [5.41, 5.74) is 5.45. The number of ether oxygens (including phenoxy) is 3. The Morgan fingerprint density at radius 3 is 2.30 bits per heavy atom. The van der Waals surface area contributed by atoms with Crippen LogP contribution >= 0.6 is 12.2 Å². The van der Waals surface area contributed by atoms with Crippen LogP contribution in [0.4, 0.5) is 0 Å². The van der Waals surface area contributed by atoms with Crippen molar-refractivity contribution in [3.63, 3.8) is 0 Å². The lowest BCUT2D eigenvalue weighted by Gasteiger charge is -2.34. The van der Waals surface area contributed by atoms with Crippen molar-refractivity contribution in [3.8, 4) is 5.75 Å². The van der Waals surface area contributed by atoms with Crippen LogP contribution in [0, 0.1) is 24.5 Å². The normalized spacial score (nSPS) is 16.2. The van der Waals surface area contributed by atoms with Gasteiger partial charge in [0.05, 0.1) is 30.9 Å². The third kappa shape index (κ3) is 5.68. The Balaban J connectivity index is 0.000000212. The SMILES string of the molecule is CCc1ncc(C)c(OCC2COC(C)(C)OC2)c1C.S=c1[nH]c2ccccc2[nH]1. The van der Waals surface area contributed by atoms with E-state index in [4.69, 9.17) is 26.4 Å². The molecule has 30 heavy (non-hydrogen) atoms. The summed E-state index contributed by atoms with van der Waals surface area (Å²) in [6.07, 6.45) is 2.81. The zero-order chi connectivity index (χ0) is 21.7. The second-order valence-electron chi connectivity index (χ2n) is 8.02. The first-order chi connectivity index (χ1) is 14.3. The first-order valence-corrected chi connectivity index (χ1v) is 10.7. The molecule has 0 bridgehead atoms. The number of imidazole rings is 1. The second kappa shape index (κ2) is 9.73. The van der Waals surface area contributed by atoms with Crippen molar-refractivity contribution < 1.29 is 14.2 Å². The van der Waals surface area contributed by atoms with E-state index in [-0.39, 0.29) is 5.92 Å².